The molecule has 0 saturated heterocycles. The van der Waals surface area contributed by atoms with Crippen molar-refractivity contribution < 1.29 is 0 Å². The van der Waals surface area contributed by atoms with E-state index in [9.17, 15) is 0 Å². The molecule has 0 spiro atoms. The van der Waals surface area contributed by atoms with Gasteiger partial charge < -0.3 is 0 Å². The fraction of sp³-hybridized carbons (Fsp3) is 0.0484. The number of aromatic nitrogens is 5. The van der Waals surface area contributed by atoms with Gasteiger partial charge in [0.2, 0.25) is 0 Å². The zero-order valence-corrected chi connectivity index (χ0v) is 36.7. The fourth-order valence-electron chi connectivity index (χ4n) is 9.85. The maximum absolute atomic E-state index is 5.27. The second-order valence-electron chi connectivity index (χ2n) is 17.8. The second kappa shape index (κ2) is 15.8. The molecule has 0 aliphatic heterocycles. The summed E-state index contributed by atoms with van der Waals surface area (Å²) in [5.74, 6) is 0.500. The normalized spacial score (nSPS) is 13.5. The number of pyridine rings is 5. The third-order valence-corrected chi connectivity index (χ3v) is 13.5. The highest BCUT2D eigenvalue weighted by molar-refractivity contribution is 6.04. The first-order chi connectivity index (χ1) is 33.0. The van der Waals surface area contributed by atoms with E-state index in [0.717, 1.165) is 123 Å². The van der Waals surface area contributed by atoms with Gasteiger partial charge in [0.15, 0.2) is 0 Å². The molecule has 5 heterocycles. The summed E-state index contributed by atoms with van der Waals surface area (Å²) in [6, 6.07) is 67.2. The van der Waals surface area contributed by atoms with Crippen molar-refractivity contribution in [1.82, 2.24) is 24.9 Å². The second-order valence-corrected chi connectivity index (χ2v) is 17.8. The first-order valence-electron chi connectivity index (χ1n) is 22.9. The minimum Gasteiger partial charge on any atom is -0.254 e. The summed E-state index contributed by atoms with van der Waals surface area (Å²) in [7, 11) is 0. The number of hydrogen-bond acceptors (Lipinski definition) is 5. The molecule has 67 heavy (non-hydrogen) atoms. The highest BCUT2D eigenvalue weighted by atomic mass is 14.8. The molecule has 5 nitrogen and oxygen atoms in total. The van der Waals surface area contributed by atoms with Gasteiger partial charge in [0.05, 0.1) is 44.7 Å². The monoisotopic (exact) mass is 855 g/mol. The van der Waals surface area contributed by atoms with E-state index in [4.69, 9.17) is 15.0 Å². The van der Waals surface area contributed by atoms with Crippen molar-refractivity contribution >= 4 is 60.6 Å². The molecule has 1 unspecified atom stereocenters. The van der Waals surface area contributed by atoms with Crippen LogP contribution < -0.4 is 0 Å². The van der Waals surface area contributed by atoms with Crippen molar-refractivity contribution in [3.05, 3.63) is 218 Å². The summed E-state index contributed by atoms with van der Waals surface area (Å²) in [6.07, 6.45) is 9.23. The van der Waals surface area contributed by atoms with Crippen LogP contribution in [0.5, 0.6) is 0 Å². The average molecular weight is 856 g/mol. The Hall–Kier alpha value is -8.67. The van der Waals surface area contributed by atoms with Gasteiger partial charge in [-0.05, 0) is 105 Å². The molecule has 1 aliphatic rings. The van der Waals surface area contributed by atoms with Crippen LogP contribution >= 0.6 is 0 Å². The molecule has 0 saturated carbocycles. The quantitative estimate of drug-likeness (QED) is 0.156. The number of rotatable bonds is 6. The molecule has 7 aromatic carbocycles. The highest BCUT2D eigenvalue weighted by Crippen LogP contribution is 2.37. The number of nitrogens with zero attached hydrogens (tertiary/aromatic N) is 5. The Balaban J connectivity index is 0.874. The Morgan fingerprint density at radius 3 is 1.15 bits per heavy atom. The lowest BCUT2D eigenvalue weighted by Gasteiger charge is -2.18. The van der Waals surface area contributed by atoms with Crippen LogP contribution in [0.2, 0.25) is 0 Å². The topological polar surface area (TPSA) is 64.5 Å². The van der Waals surface area contributed by atoms with E-state index in [2.05, 4.69) is 205 Å². The van der Waals surface area contributed by atoms with Crippen LogP contribution in [0.3, 0.4) is 0 Å². The zero-order valence-electron chi connectivity index (χ0n) is 36.7. The molecule has 5 heteroatoms. The van der Waals surface area contributed by atoms with Crippen LogP contribution in [-0.2, 0) is 6.42 Å². The molecular weight excluding hydrogens is 815 g/mol. The van der Waals surface area contributed by atoms with E-state index in [-0.39, 0.29) is 0 Å². The van der Waals surface area contributed by atoms with Crippen LogP contribution in [0.15, 0.2) is 207 Å². The van der Waals surface area contributed by atoms with Gasteiger partial charge in [-0.25, -0.2) is 15.0 Å². The third kappa shape index (κ3) is 7.00. The van der Waals surface area contributed by atoms with Gasteiger partial charge in [0.25, 0.3) is 0 Å². The van der Waals surface area contributed by atoms with Gasteiger partial charge in [-0.2, -0.15) is 0 Å². The highest BCUT2D eigenvalue weighted by Gasteiger charge is 2.16. The number of hydrogen-bond donors (Lipinski definition) is 0. The summed E-state index contributed by atoms with van der Waals surface area (Å²) in [5, 5.41) is 5.52. The van der Waals surface area contributed by atoms with Crippen LogP contribution in [0.1, 0.15) is 18.1 Å². The molecule has 13 rings (SSSR count). The van der Waals surface area contributed by atoms with Crippen LogP contribution in [0.25, 0.3) is 128 Å². The van der Waals surface area contributed by atoms with E-state index in [1.54, 1.807) is 0 Å². The maximum atomic E-state index is 5.27. The van der Waals surface area contributed by atoms with Crippen LogP contribution in [0, 0.1) is 5.92 Å². The molecule has 314 valence electrons. The van der Waals surface area contributed by atoms with E-state index >= 15 is 0 Å². The molecule has 0 amide bonds. The zero-order chi connectivity index (χ0) is 44.4. The Bertz CT molecular complexity index is 3770. The Morgan fingerprint density at radius 2 is 0.701 bits per heavy atom. The SMILES string of the molecule is CC1C=Cc2ccc3ccc(-c4ccc(-c5cc(-c6ccc(-c7ccc8ccc9cccnc9c8n7)cc6)cc(-c6ccc(-c7ccc8ccc9cccnc9c8n7)cc6)c5)cc4)nc3c2C1. The van der Waals surface area contributed by atoms with Gasteiger partial charge in [0.1, 0.15) is 0 Å². The number of benzene rings is 7. The molecule has 0 N–H and O–H groups in total. The maximum Gasteiger partial charge on any atom is 0.0972 e. The number of allylic oxidation sites excluding steroid dienone is 1. The first kappa shape index (κ1) is 38.8. The van der Waals surface area contributed by atoms with Crippen molar-refractivity contribution in [2.75, 3.05) is 0 Å². The Labute approximate surface area is 387 Å². The largest absolute Gasteiger partial charge is 0.254 e. The molecule has 12 aromatic rings. The summed E-state index contributed by atoms with van der Waals surface area (Å²) in [5.41, 5.74) is 20.2. The van der Waals surface area contributed by atoms with Crippen molar-refractivity contribution in [3.8, 4) is 67.2 Å². The van der Waals surface area contributed by atoms with Gasteiger partial charge in [-0.3, -0.25) is 9.97 Å². The molecule has 0 fully saturated rings. The predicted octanol–water partition coefficient (Wildman–Crippen LogP) is 15.6. The molecule has 0 bridgehead atoms. The standard InChI is InChI=1S/C62H41N5/c1-38-6-7-42-14-21-48-26-29-55(65-58(48)54(42)34-38)43-15-8-39(9-16-43)51-35-52(40-10-17-44(18-11-40)56-30-27-49-24-22-46-4-2-32-63-59(46)61(49)66-56)37-53(36-51)41-12-19-45(20-13-41)57-31-28-50-25-23-47-5-3-33-64-60(47)62(50)67-57/h2-33,35-38H,34H2,1H3. The van der Waals surface area contributed by atoms with E-state index in [1.807, 2.05) is 24.5 Å². The van der Waals surface area contributed by atoms with Crippen molar-refractivity contribution in [2.24, 2.45) is 5.92 Å². The van der Waals surface area contributed by atoms with Crippen molar-refractivity contribution in [3.63, 3.8) is 0 Å². The van der Waals surface area contributed by atoms with Crippen molar-refractivity contribution in [1.29, 1.82) is 0 Å². The van der Waals surface area contributed by atoms with Crippen molar-refractivity contribution in [2.45, 2.75) is 13.3 Å². The minimum absolute atomic E-state index is 0.500. The molecule has 5 aromatic heterocycles. The van der Waals surface area contributed by atoms with E-state index in [1.165, 1.54) is 16.5 Å². The molecule has 1 aliphatic carbocycles. The van der Waals surface area contributed by atoms with Crippen LogP contribution in [-0.4, -0.2) is 24.9 Å². The van der Waals surface area contributed by atoms with Gasteiger partial charge in [-0.1, -0.05) is 159 Å². The summed E-state index contributed by atoms with van der Waals surface area (Å²) < 4.78 is 0. The van der Waals surface area contributed by atoms with Gasteiger partial charge in [0, 0.05) is 56.0 Å². The van der Waals surface area contributed by atoms with E-state index in [0.29, 0.717) is 5.92 Å². The van der Waals surface area contributed by atoms with Gasteiger partial charge in [-0.15, -0.1) is 0 Å². The Kier molecular flexibility index (Phi) is 9.14. The minimum atomic E-state index is 0.500. The lowest BCUT2D eigenvalue weighted by atomic mass is 9.89. The van der Waals surface area contributed by atoms with E-state index < -0.39 is 0 Å². The summed E-state index contributed by atoms with van der Waals surface area (Å²) in [6.45, 7) is 2.28. The smallest absolute Gasteiger partial charge is 0.0972 e. The van der Waals surface area contributed by atoms with Crippen LogP contribution in [0.4, 0.5) is 0 Å². The number of fused-ring (bicyclic) bond motifs is 9. The fourth-order valence-corrected chi connectivity index (χ4v) is 9.85. The summed E-state index contributed by atoms with van der Waals surface area (Å²) >= 11 is 0. The molecule has 0 radical (unpaired) electrons. The lowest BCUT2D eigenvalue weighted by Crippen LogP contribution is -2.05. The average Bonchev–Trinajstić information content (AvgIpc) is 3.40. The third-order valence-electron chi connectivity index (χ3n) is 13.5. The lowest BCUT2D eigenvalue weighted by molar-refractivity contribution is 0.720. The Morgan fingerprint density at radius 1 is 0.343 bits per heavy atom. The first-order valence-corrected chi connectivity index (χ1v) is 22.9. The summed E-state index contributed by atoms with van der Waals surface area (Å²) in [4.78, 5) is 24.9. The molecular formula is C62H41N5. The van der Waals surface area contributed by atoms with Gasteiger partial charge >= 0.3 is 0 Å². The molecule has 1 atom stereocenters. The predicted molar refractivity (Wildman–Crippen MR) is 277 cm³/mol.